The Balaban J connectivity index is 1.73. The van der Waals surface area contributed by atoms with Crippen LogP contribution in [-0.2, 0) is 4.79 Å². The Morgan fingerprint density at radius 2 is 2.12 bits per heavy atom. The third-order valence-corrected chi connectivity index (χ3v) is 4.42. The van der Waals surface area contributed by atoms with Crippen LogP contribution in [0.25, 0.3) is 0 Å². The van der Waals surface area contributed by atoms with Crippen molar-refractivity contribution in [1.82, 2.24) is 10.6 Å². The van der Waals surface area contributed by atoms with Gasteiger partial charge in [-0.3, -0.25) is 4.79 Å². The molecule has 98 valence electrons. The lowest BCUT2D eigenvalue weighted by molar-refractivity contribution is -0.125. The Labute approximate surface area is 105 Å². The summed E-state index contributed by atoms with van der Waals surface area (Å²) in [5.74, 6) is 2.26. The number of carbonyl (C=O) groups is 1. The maximum atomic E-state index is 12.1. The molecule has 0 aromatic carbocycles. The molecule has 2 rings (SSSR count). The van der Waals surface area contributed by atoms with Crippen LogP contribution in [0.15, 0.2) is 0 Å². The molecule has 0 radical (unpaired) electrons. The molecule has 1 heterocycles. The molecule has 4 atom stereocenters. The van der Waals surface area contributed by atoms with E-state index in [9.17, 15) is 4.79 Å². The van der Waals surface area contributed by atoms with Crippen molar-refractivity contribution < 1.29 is 4.79 Å². The maximum Gasteiger partial charge on any atom is 0.237 e. The van der Waals surface area contributed by atoms with Crippen LogP contribution in [0.5, 0.6) is 0 Å². The van der Waals surface area contributed by atoms with E-state index < -0.39 is 0 Å². The fourth-order valence-electron chi connectivity index (χ4n) is 3.27. The Morgan fingerprint density at radius 3 is 2.76 bits per heavy atom. The zero-order valence-corrected chi connectivity index (χ0v) is 11.2. The van der Waals surface area contributed by atoms with Gasteiger partial charge in [0.2, 0.25) is 5.91 Å². The van der Waals surface area contributed by atoms with Crippen LogP contribution in [0.1, 0.15) is 46.0 Å². The molecule has 1 aliphatic carbocycles. The summed E-state index contributed by atoms with van der Waals surface area (Å²) >= 11 is 0. The standard InChI is InChI=1S/C14H26N2O/c1-10-5-6-12(8-10)9-16-14(17)13-11(2)4-3-7-15-13/h10-13,15H,3-9H2,1-2H3,(H,16,17). The third-order valence-electron chi connectivity index (χ3n) is 4.42. The highest BCUT2D eigenvalue weighted by molar-refractivity contribution is 5.82. The Kier molecular flexibility index (Phi) is 4.43. The number of amides is 1. The molecule has 1 aliphatic heterocycles. The highest BCUT2D eigenvalue weighted by Crippen LogP contribution is 2.29. The second-order valence-electron chi connectivity index (χ2n) is 6.08. The van der Waals surface area contributed by atoms with Crippen molar-refractivity contribution in [3.05, 3.63) is 0 Å². The number of carbonyl (C=O) groups excluding carboxylic acids is 1. The van der Waals surface area contributed by atoms with Crippen molar-refractivity contribution in [2.24, 2.45) is 17.8 Å². The molecule has 3 heteroatoms. The lowest BCUT2D eigenvalue weighted by Gasteiger charge is -2.29. The van der Waals surface area contributed by atoms with Gasteiger partial charge in [0.1, 0.15) is 0 Å². The molecular formula is C14H26N2O. The summed E-state index contributed by atoms with van der Waals surface area (Å²) in [7, 11) is 0. The van der Waals surface area contributed by atoms with Crippen molar-refractivity contribution >= 4 is 5.91 Å². The highest BCUT2D eigenvalue weighted by atomic mass is 16.2. The van der Waals surface area contributed by atoms with E-state index in [-0.39, 0.29) is 11.9 Å². The van der Waals surface area contributed by atoms with Crippen molar-refractivity contribution in [3.63, 3.8) is 0 Å². The molecule has 1 saturated carbocycles. The molecule has 1 amide bonds. The van der Waals surface area contributed by atoms with Gasteiger partial charge in [-0.05, 0) is 50.0 Å². The molecule has 17 heavy (non-hydrogen) atoms. The van der Waals surface area contributed by atoms with Crippen molar-refractivity contribution in [2.75, 3.05) is 13.1 Å². The molecule has 0 spiro atoms. The van der Waals surface area contributed by atoms with Crippen molar-refractivity contribution in [1.29, 1.82) is 0 Å². The van der Waals surface area contributed by atoms with Gasteiger partial charge in [0, 0.05) is 6.54 Å². The Bertz CT molecular complexity index is 267. The van der Waals surface area contributed by atoms with E-state index in [0.717, 1.165) is 19.0 Å². The Morgan fingerprint density at radius 1 is 1.29 bits per heavy atom. The van der Waals surface area contributed by atoms with Crippen LogP contribution in [0, 0.1) is 17.8 Å². The first-order chi connectivity index (χ1) is 8.16. The largest absolute Gasteiger partial charge is 0.354 e. The van der Waals surface area contributed by atoms with E-state index in [4.69, 9.17) is 0 Å². The minimum Gasteiger partial charge on any atom is -0.354 e. The van der Waals surface area contributed by atoms with Crippen LogP contribution in [0.3, 0.4) is 0 Å². The highest BCUT2D eigenvalue weighted by Gasteiger charge is 2.28. The smallest absolute Gasteiger partial charge is 0.237 e. The van der Waals surface area contributed by atoms with E-state index >= 15 is 0 Å². The summed E-state index contributed by atoms with van der Waals surface area (Å²) in [6, 6.07) is 0.0441. The first-order valence-corrected chi connectivity index (χ1v) is 7.18. The molecular weight excluding hydrogens is 212 g/mol. The van der Waals surface area contributed by atoms with Crippen LogP contribution in [-0.4, -0.2) is 25.0 Å². The van der Waals surface area contributed by atoms with Gasteiger partial charge < -0.3 is 10.6 Å². The molecule has 3 nitrogen and oxygen atoms in total. The molecule has 2 N–H and O–H groups in total. The molecule has 0 aromatic heterocycles. The molecule has 2 fully saturated rings. The monoisotopic (exact) mass is 238 g/mol. The van der Waals surface area contributed by atoms with Gasteiger partial charge in [-0.15, -0.1) is 0 Å². The van der Waals surface area contributed by atoms with Gasteiger partial charge in [0.15, 0.2) is 0 Å². The van der Waals surface area contributed by atoms with Crippen LogP contribution >= 0.6 is 0 Å². The number of hydrogen-bond donors (Lipinski definition) is 2. The van der Waals surface area contributed by atoms with E-state index in [1.54, 1.807) is 0 Å². The molecule has 0 aromatic rings. The first-order valence-electron chi connectivity index (χ1n) is 7.18. The van der Waals surface area contributed by atoms with E-state index in [1.807, 2.05) is 0 Å². The SMILES string of the molecule is CC1CCC(CNC(=O)C2NCCCC2C)C1. The normalized spacial score (nSPS) is 38.0. The fourth-order valence-corrected chi connectivity index (χ4v) is 3.27. The van der Waals surface area contributed by atoms with Gasteiger partial charge in [0.25, 0.3) is 0 Å². The Hall–Kier alpha value is -0.570. The zero-order valence-electron chi connectivity index (χ0n) is 11.2. The predicted octanol–water partition coefficient (Wildman–Crippen LogP) is 1.93. The molecule has 1 saturated heterocycles. The van der Waals surface area contributed by atoms with Gasteiger partial charge >= 0.3 is 0 Å². The molecule has 4 unspecified atom stereocenters. The average Bonchev–Trinajstić information content (AvgIpc) is 2.73. The summed E-state index contributed by atoms with van der Waals surface area (Å²) < 4.78 is 0. The number of piperidine rings is 1. The van der Waals surface area contributed by atoms with E-state index in [0.29, 0.717) is 11.8 Å². The second kappa shape index (κ2) is 5.85. The average molecular weight is 238 g/mol. The maximum absolute atomic E-state index is 12.1. The summed E-state index contributed by atoms with van der Waals surface area (Å²) in [5, 5.41) is 6.48. The number of rotatable bonds is 3. The molecule has 0 bridgehead atoms. The van der Waals surface area contributed by atoms with Gasteiger partial charge in [-0.2, -0.15) is 0 Å². The minimum absolute atomic E-state index is 0.0441. The second-order valence-corrected chi connectivity index (χ2v) is 6.08. The van der Waals surface area contributed by atoms with Crippen molar-refractivity contribution in [3.8, 4) is 0 Å². The lowest BCUT2D eigenvalue weighted by Crippen LogP contribution is -2.51. The van der Waals surface area contributed by atoms with Gasteiger partial charge in [0.05, 0.1) is 6.04 Å². The summed E-state index contributed by atoms with van der Waals surface area (Å²) in [6.07, 6.45) is 6.28. The lowest BCUT2D eigenvalue weighted by atomic mass is 9.92. The fraction of sp³-hybridized carbons (Fsp3) is 0.929. The van der Waals surface area contributed by atoms with E-state index in [2.05, 4.69) is 24.5 Å². The van der Waals surface area contributed by atoms with Crippen LogP contribution in [0.4, 0.5) is 0 Å². The third kappa shape index (κ3) is 3.44. The topological polar surface area (TPSA) is 41.1 Å². The summed E-state index contributed by atoms with van der Waals surface area (Å²) in [4.78, 5) is 12.1. The summed E-state index contributed by atoms with van der Waals surface area (Å²) in [5.41, 5.74) is 0. The quantitative estimate of drug-likeness (QED) is 0.789. The summed E-state index contributed by atoms with van der Waals surface area (Å²) in [6.45, 7) is 6.36. The minimum atomic E-state index is 0.0441. The van der Waals surface area contributed by atoms with Gasteiger partial charge in [-0.1, -0.05) is 20.3 Å². The van der Waals surface area contributed by atoms with Crippen molar-refractivity contribution in [2.45, 2.75) is 52.0 Å². The van der Waals surface area contributed by atoms with E-state index in [1.165, 1.54) is 32.1 Å². The van der Waals surface area contributed by atoms with Crippen LogP contribution < -0.4 is 10.6 Å². The van der Waals surface area contributed by atoms with Crippen LogP contribution in [0.2, 0.25) is 0 Å². The zero-order chi connectivity index (χ0) is 12.3. The molecule has 2 aliphatic rings. The van der Waals surface area contributed by atoms with Gasteiger partial charge in [-0.25, -0.2) is 0 Å². The number of hydrogen-bond acceptors (Lipinski definition) is 2. The number of nitrogens with one attached hydrogen (secondary N) is 2. The first kappa shape index (κ1) is 12.9. The predicted molar refractivity (Wildman–Crippen MR) is 69.7 cm³/mol.